The van der Waals surface area contributed by atoms with Crippen LogP contribution in [0, 0.1) is 0 Å². The molecule has 8 heteroatoms. The zero-order valence-electron chi connectivity index (χ0n) is 10.6. The smallest absolute Gasteiger partial charge is 0.337 e. The Morgan fingerprint density at radius 2 is 2.00 bits per heavy atom. The Morgan fingerprint density at radius 3 is 2.65 bits per heavy atom. The van der Waals surface area contributed by atoms with Crippen LogP contribution in [-0.2, 0) is 4.74 Å². The molecule has 2 amide bonds. The fourth-order valence-electron chi connectivity index (χ4n) is 1.78. The summed E-state index contributed by atoms with van der Waals surface area (Å²) in [5, 5.41) is 13.6. The van der Waals surface area contributed by atoms with Gasteiger partial charge in [0, 0.05) is 18.1 Å². The number of amides is 2. The van der Waals surface area contributed by atoms with E-state index in [2.05, 4.69) is 10.7 Å². The van der Waals surface area contributed by atoms with Gasteiger partial charge in [0.25, 0.3) is 0 Å². The number of anilines is 1. The van der Waals surface area contributed by atoms with Crippen LogP contribution in [-0.4, -0.2) is 48.4 Å². The lowest BCUT2D eigenvalue weighted by Crippen LogP contribution is -2.49. The third-order valence-electron chi connectivity index (χ3n) is 2.73. The minimum atomic E-state index is -1.14. The van der Waals surface area contributed by atoms with Gasteiger partial charge in [-0.3, -0.25) is 5.43 Å². The van der Waals surface area contributed by atoms with E-state index in [9.17, 15) is 9.59 Å². The lowest BCUT2D eigenvalue weighted by molar-refractivity contribution is 0.0207. The van der Waals surface area contributed by atoms with E-state index in [-0.39, 0.29) is 11.3 Å². The molecule has 0 atom stereocenters. The number of aromatic carboxylic acids is 1. The SMILES string of the molecule is O=C(Nc1cc(Cl)ccc1C(=O)O)NN1CCOCC1. The van der Waals surface area contributed by atoms with Gasteiger partial charge in [0.2, 0.25) is 0 Å². The van der Waals surface area contributed by atoms with Gasteiger partial charge < -0.3 is 15.2 Å². The zero-order chi connectivity index (χ0) is 14.5. The predicted molar refractivity (Wildman–Crippen MR) is 73.0 cm³/mol. The van der Waals surface area contributed by atoms with Crippen LogP contribution in [0.15, 0.2) is 18.2 Å². The zero-order valence-corrected chi connectivity index (χ0v) is 11.3. The first-order valence-electron chi connectivity index (χ1n) is 5.99. The number of carboxylic acid groups (broad SMARTS) is 1. The summed E-state index contributed by atoms with van der Waals surface area (Å²) in [4.78, 5) is 22.9. The summed E-state index contributed by atoms with van der Waals surface area (Å²) < 4.78 is 5.16. The van der Waals surface area contributed by atoms with E-state index in [4.69, 9.17) is 21.4 Å². The number of urea groups is 1. The second-order valence-electron chi connectivity index (χ2n) is 4.16. The van der Waals surface area contributed by atoms with Crippen LogP contribution in [0.1, 0.15) is 10.4 Å². The van der Waals surface area contributed by atoms with Gasteiger partial charge in [-0.2, -0.15) is 0 Å². The molecule has 0 aromatic heterocycles. The molecular formula is C12H14ClN3O4. The Hall–Kier alpha value is -1.83. The highest BCUT2D eigenvalue weighted by Crippen LogP contribution is 2.21. The molecule has 1 aromatic carbocycles. The van der Waals surface area contributed by atoms with Gasteiger partial charge in [-0.15, -0.1) is 0 Å². The monoisotopic (exact) mass is 299 g/mol. The number of hydrogen-bond acceptors (Lipinski definition) is 4. The van der Waals surface area contributed by atoms with Crippen LogP contribution < -0.4 is 10.7 Å². The highest BCUT2D eigenvalue weighted by atomic mass is 35.5. The van der Waals surface area contributed by atoms with Crippen molar-refractivity contribution in [1.82, 2.24) is 10.4 Å². The number of rotatable bonds is 3. The van der Waals surface area contributed by atoms with Crippen molar-refractivity contribution in [2.45, 2.75) is 0 Å². The van der Waals surface area contributed by atoms with Gasteiger partial charge in [-0.1, -0.05) is 11.6 Å². The van der Waals surface area contributed by atoms with Gasteiger partial charge in [0.05, 0.1) is 24.5 Å². The van der Waals surface area contributed by atoms with E-state index >= 15 is 0 Å². The first-order valence-corrected chi connectivity index (χ1v) is 6.37. The molecule has 0 aliphatic carbocycles. The number of halogens is 1. The molecule has 1 aliphatic heterocycles. The molecule has 7 nitrogen and oxygen atoms in total. The first kappa shape index (κ1) is 14.6. The van der Waals surface area contributed by atoms with Gasteiger partial charge >= 0.3 is 12.0 Å². The van der Waals surface area contributed by atoms with Crippen molar-refractivity contribution in [3.05, 3.63) is 28.8 Å². The van der Waals surface area contributed by atoms with Crippen molar-refractivity contribution < 1.29 is 19.4 Å². The van der Waals surface area contributed by atoms with Crippen LogP contribution in [0.3, 0.4) is 0 Å². The average Bonchev–Trinajstić information content (AvgIpc) is 2.39. The molecule has 1 heterocycles. The van der Waals surface area contributed by atoms with E-state index in [1.54, 1.807) is 5.01 Å². The fourth-order valence-corrected chi connectivity index (χ4v) is 1.95. The lowest BCUT2D eigenvalue weighted by atomic mass is 10.2. The number of carbonyl (C=O) groups excluding carboxylic acids is 1. The Kier molecular flexibility index (Phi) is 4.78. The molecule has 2 rings (SSSR count). The highest BCUT2D eigenvalue weighted by molar-refractivity contribution is 6.31. The quantitative estimate of drug-likeness (QED) is 0.785. The van der Waals surface area contributed by atoms with Crippen LogP contribution >= 0.6 is 11.6 Å². The molecule has 3 N–H and O–H groups in total. The Bertz CT molecular complexity index is 517. The standard InChI is InChI=1S/C12H14ClN3O4/c13-8-1-2-9(11(17)18)10(7-8)14-12(19)15-16-3-5-20-6-4-16/h1-2,7H,3-6H2,(H,17,18)(H2,14,15,19). The molecule has 0 unspecified atom stereocenters. The normalized spacial score (nSPS) is 15.7. The highest BCUT2D eigenvalue weighted by Gasteiger charge is 2.16. The number of hydrogen-bond donors (Lipinski definition) is 3. The molecule has 0 bridgehead atoms. The molecule has 0 spiro atoms. The summed E-state index contributed by atoms with van der Waals surface area (Å²) >= 11 is 5.81. The number of benzene rings is 1. The van der Waals surface area contributed by atoms with Crippen molar-refractivity contribution in [2.75, 3.05) is 31.6 Å². The first-order chi connectivity index (χ1) is 9.56. The molecule has 1 aliphatic rings. The van der Waals surface area contributed by atoms with Crippen LogP contribution in [0.5, 0.6) is 0 Å². The minimum Gasteiger partial charge on any atom is -0.478 e. The molecule has 0 saturated carbocycles. The average molecular weight is 300 g/mol. The maximum absolute atomic E-state index is 11.8. The topological polar surface area (TPSA) is 90.9 Å². The third-order valence-corrected chi connectivity index (χ3v) is 2.97. The lowest BCUT2D eigenvalue weighted by Gasteiger charge is -2.27. The van der Waals surface area contributed by atoms with Crippen molar-refractivity contribution in [1.29, 1.82) is 0 Å². The minimum absolute atomic E-state index is 0.0217. The molecule has 1 fully saturated rings. The molecule has 0 radical (unpaired) electrons. The fraction of sp³-hybridized carbons (Fsp3) is 0.333. The number of hydrazine groups is 1. The van der Waals surface area contributed by atoms with Crippen molar-refractivity contribution in [2.24, 2.45) is 0 Å². The number of nitrogens with one attached hydrogen (secondary N) is 2. The number of morpholine rings is 1. The second-order valence-corrected chi connectivity index (χ2v) is 4.60. The van der Waals surface area contributed by atoms with Crippen molar-refractivity contribution in [3.63, 3.8) is 0 Å². The second kappa shape index (κ2) is 6.56. The number of carboxylic acids is 1. The van der Waals surface area contributed by atoms with E-state index < -0.39 is 12.0 Å². The maximum atomic E-state index is 11.8. The molecule has 1 saturated heterocycles. The van der Waals surface area contributed by atoms with Crippen LogP contribution in [0.4, 0.5) is 10.5 Å². The summed E-state index contributed by atoms with van der Waals surface area (Å²) in [5.74, 6) is -1.14. The maximum Gasteiger partial charge on any atom is 0.337 e. The molecule has 1 aromatic rings. The molecule has 108 valence electrons. The van der Waals surface area contributed by atoms with Gasteiger partial charge in [0.1, 0.15) is 0 Å². The van der Waals surface area contributed by atoms with Crippen molar-refractivity contribution >= 4 is 29.3 Å². The summed E-state index contributed by atoms with van der Waals surface area (Å²) in [6.45, 7) is 2.24. The van der Waals surface area contributed by atoms with Crippen molar-refractivity contribution in [3.8, 4) is 0 Å². The van der Waals surface area contributed by atoms with E-state index in [0.717, 1.165) is 0 Å². The number of nitrogens with zero attached hydrogens (tertiary/aromatic N) is 1. The number of carbonyl (C=O) groups is 2. The largest absolute Gasteiger partial charge is 0.478 e. The predicted octanol–water partition coefficient (Wildman–Crippen LogP) is 1.41. The van der Waals surface area contributed by atoms with E-state index in [1.165, 1.54) is 18.2 Å². The molecule has 20 heavy (non-hydrogen) atoms. The summed E-state index contributed by atoms with van der Waals surface area (Å²) in [6.07, 6.45) is 0. The Labute approximate surface area is 120 Å². The number of ether oxygens (including phenoxy) is 1. The van der Waals surface area contributed by atoms with Crippen LogP contribution in [0.25, 0.3) is 0 Å². The Balaban J connectivity index is 2.03. The summed E-state index contributed by atoms with van der Waals surface area (Å²) in [5.41, 5.74) is 2.75. The third kappa shape index (κ3) is 3.83. The van der Waals surface area contributed by atoms with Crippen LogP contribution in [0.2, 0.25) is 5.02 Å². The Morgan fingerprint density at radius 1 is 1.30 bits per heavy atom. The van der Waals surface area contributed by atoms with Gasteiger partial charge in [0.15, 0.2) is 0 Å². The summed E-state index contributed by atoms with van der Waals surface area (Å²) in [6, 6.07) is 3.67. The van der Waals surface area contributed by atoms with E-state index in [0.29, 0.717) is 31.3 Å². The molecular weight excluding hydrogens is 286 g/mol. The van der Waals surface area contributed by atoms with Gasteiger partial charge in [-0.05, 0) is 18.2 Å². The summed E-state index contributed by atoms with van der Waals surface area (Å²) in [7, 11) is 0. The van der Waals surface area contributed by atoms with Gasteiger partial charge in [-0.25, -0.2) is 14.6 Å². The van der Waals surface area contributed by atoms with E-state index in [1.807, 2.05) is 0 Å².